The molecule has 1 aliphatic rings. The van der Waals surface area contributed by atoms with Crippen LogP contribution in [0.1, 0.15) is 22.3 Å². The number of hydrogen-bond donors (Lipinski definition) is 0. The molecule has 0 fully saturated rings. The first-order valence-corrected chi connectivity index (χ1v) is 6.82. The lowest BCUT2D eigenvalue weighted by atomic mass is 10.0. The molecule has 0 aliphatic carbocycles. The van der Waals surface area contributed by atoms with E-state index in [0.29, 0.717) is 30.4 Å². The molecule has 4 nitrogen and oxygen atoms in total. The lowest BCUT2D eigenvalue weighted by Gasteiger charge is -2.16. The Labute approximate surface area is 123 Å². The third-order valence-electron chi connectivity index (χ3n) is 3.31. The van der Waals surface area contributed by atoms with Crippen LogP contribution in [0.25, 0.3) is 5.57 Å². The Bertz CT molecular complexity index is 662. The van der Waals surface area contributed by atoms with E-state index >= 15 is 0 Å². The van der Waals surface area contributed by atoms with Crippen LogP contribution in [0.2, 0.25) is 0 Å². The van der Waals surface area contributed by atoms with E-state index in [1.165, 1.54) is 5.57 Å². The second-order valence-electron chi connectivity index (χ2n) is 4.70. The highest BCUT2D eigenvalue weighted by molar-refractivity contribution is 5.75. The van der Waals surface area contributed by atoms with Crippen LogP contribution in [0.15, 0.2) is 48.7 Å². The van der Waals surface area contributed by atoms with Crippen molar-refractivity contribution in [2.75, 3.05) is 13.2 Å². The number of ether oxygens (including phenoxy) is 2. The molecule has 2 heterocycles. The minimum Gasteiger partial charge on any atom is -0.438 e. The summed E-state index contributed by atoms with van der Waals surface area (Å²) < 4.78 is 11.2. The summed E-state index contributed by atoms with van der Waals surface area (Å²) in [5.41, 5.74) is 2.80. The van der Waals surface area contributed by atoms with Gasteiger partial charge in [-0.2, -0.15) is 0 Å². The summed E-state index contributed by atoms with van der Waals surface area (Å²) >= 11 is 0. The first-order valence-electron chi connectivity index (χ1n) is 6.82. The summed E-state index contributed by atoms with van der Waals surface area (Å²) in [7, 11) is 0. The Balaban J connectivity index is 1.87. The molecule has 106 valence electrons. The van der Waals surface area contributed by atoms with Gasteiger partial charge in [0.05, 0.1) is 13.2 Å². The number of rotatable bonds is 4. The monoisotopic (exact) mass is 281 g/mol. The molecule has 1 aromatic carbocycles. The average molecular weight is 281 g/mol. The maximum Gasteiger partial charge on any atom is 0.226 e. The van der Waals surface area contributed by atoms with Crippen molar-refractivity contribution in [1.82, 2.24) is 4.98 Å². The van der Waals surface area contributed by atoms with Crippen LogP contribution >= 0.6 is 0 Å². The van der Waals surface area contributed by atoms with E-state index < -0.39 is 0 Å². The molecule has 0 spiro atoms. The van der Waals surface area contributed by atoms with Crippen molar-refractivity contribution >= 4 is 11.9 Å². The minimum atomic E-state index is 0.574. The van der Waals surface area contributed by atoms with Crippen LogP contribution in [0, 0.1) is 0 Å². The van der Waals surface area contributed by atoms with Gasteiger partial charge in [-0.25, -0.2) is 4.98 Å². The van der Waals surface area contributed by atoms with Crippen molar-refractivity contribution in [2.24, 2.45) is 0 Å². The van der Waals surface area contributed by atoms with Gasteiger partial charge in [-0.1, -0.05) is 6.08 Å². The lowest BCUT2D eigenvalue weighted by molar-refractivity contribution is 0.112. The molecule has 0 bridgehead atoms. The minimum absolute atomic E-state index is 0.574. The first-order chi connectivity index (χ1) is 10.4. The number of carbonyl (C=O) groups is 1. The third kappa shape index (κ3) is 3.17. The Morgan fingerprint density at radius 3 is 2.76 bits per heavy atom. The van der Waals surface area contributed by atoms with E-state index in [1.807, 2.05) is 12.1 Å². The first kappa shape index (κ1) is 13.5. The van der Waals surface area contributed by atoms with Gasteiger partial charge >= 0.3 is 0 Å². The number of carbonyl (C=O) groups excluding carboxylic acids is 1. The molecule has 0 unspecified atom stereocenters. The average Bonchev–Trinajstić information content (AvgIpc) is 2.57. The highest BCUT2D eigenvalue weighted by atomic mass is 16.5. The zero-order valence-electron chi connectivity index (χ0n) is 11.5. The molecule has 0 N–H and O–H groups in total. The van der Waals surface area contributed by atoms with E-state index in [2.05, 4.69) is 11.1 Å². The molecule has 3 rings (SSSR count). The van der Waals surface area contributed by atoms with Gasteiger partial charge < -0.3 is 9.47 Å². The summed E-state index contributed by atoms with van der Waals surface area (Å²) in [4.78, 5) is 15.0. The Morgan fingerprint density at radius 2 is 2.05 bits per heavy atom. The summed E-state index contributed by atoms with van der Waals surface area (Å²) in [6, 6.07) is 10.9. The van der Waals surface area contributed by atoms with Gasteiger partial charge in [0, 0.05) is 17.3 Å². The normalized spacial score (nSPS) is 14.4. The van der Waals surface area contributed by atoms with Crippen molar-refractivity contribution < 1.29 is 14.3 Å². The van der Waals surface area contributed by atoms with Crippen LogP contribution in [0.4, 0.5) is 0 Å². The summed E-state index contributed by atoms with van der Waals surface area (Å²) in [6.07, 6.45) is 5.43. The fourth-order valence-corrected chi connectivity index (χ4v) is 2.21. The molecule has 0 saturated carbocycles. The number of pyridine rings is 1. The zero-order chi connectivity index (χ0) is 14.5. The van der Waals surface area contributed by atoms with Gasteiger partial charge in [0.2, 0.25) is 5.88 Å². The highest BCUT2D eigenvalue weighted by Gasteiger charge is 2.13. The largest absolute Gasteiger partial charge is 0.438 e. The number of hydrogen-bond acceptors (Lipinski definition) is 4. The van der Waals surface area contributed by atoms with Crippen molar-refractivity contribution in [3.05, 3.63) is 59.8 Å². The molecule has 1 aromatic heterocycles. The van der Waals surface area contributed by atoms with Crippen LogP contribution < -0.4 is 4.74 Å². The van der Waals surface area contributed by atoms with Crippen LogP contribution in [-0.2, 0) is 4.74 Å². The molecule has 1 aliphatic heterocycles. The summed E-state index contributed by atoms with van der Waals surface area (Å²) in [5, 5.41) is 0. The number of benzene rings is 1. The second kappa shape index (κ2) is 6.33. The van der Waals surface area contributed by atoms with Gasteiger partial charge in [-0.15, -0.1) is 0 Å². The highest BCUT2D eigenvalue weighted by Crippen LogP contribution is 2.30. The fourth-order valence-electron chi connectivity index (χ4n) is 2.21. The SMILES string of the molecule is O=Cc1ccc(Oc2ncccc2C2=CCOCC2)cc1. The van der Waals surface area contributed by atoms with Crippen molar-refractivity contribution in [3.8, 4) is 11.6 Å². The van der Waals surface area contributed by atoms with Crippen molar-refractivity contribution in [1.29, 1.82) is 0 Å². The Morgan fingerprint density at radius 1 is 1.19 bits per heavy atom. The van der Waals surface area contributed by atoms with E-state index in [1.54, 1.807) is 30.5 Å². The molecule has 2 aromatic rings. The van der Waals surface area contributed by atoms with E-state index in [0.717, 1.165) is 18.3 Å². The smallest absolute Gasteiger partial charge is 0.226 e. The standard InChI is InChI=1S/C17H15NO3/c19-12-13-3-5-15(6-4-13)21-17-16(2-1-9-18-17)14-7-10-20-11-8-14/h1-7,9,12H,8,10-11H2. The van der Waals surface area contributed by atoms with Crippen LogP contribution in [-0.4, -0.2) is 24.5 Å². The maximum atomic E-state index is 10.7. The second-order valence-corrected chi connectivity index (χ2v) is 4.70. The molecule has 0 radical (unpaired) electrons. The Kier molecular flexibility index (Phi) is 4.07. The molecule has 0 amide bonds. The topological polar surface area (TPSA) is 48.4 Å². The van der Waals surface area contributed by atoms with Crippen molar-refractivity contribution in [2.45, 2.75) is 6.42 Å². The van der Waals surface area contributed by atoms with Crippen molar-refractivity contribution in [3.63, 3.8) is 0 Å². The zero-order valence-corrected chi connectivity index (χ0v) is 11.5. The predicted octanol–water partition coefficient (Wildman–Crippen LogP) is 3.49. The summed E-state index contributed by atoms with van der Waals surface area (Å²) in [5.74, 6) is 1.23. The molecule has 21 heavy (non-hydrogen) atoms. The molecule has 0 atom stereocenters. The number of aldehydes is 1. The van der Waals surface area contributed by atoms with Gasteiger partial charge in [-0.05, 0) is 48.4 Å². The van der Waals surface area contributed by atoms with E-state index in [4.69, 9.17) is 9.47 Å². The van der Waals surface area contributed by atoms with E-state index in [9.17, 15) is 4.79 Å². The van der Waals surface area contributed by atoms with E-state index in [-0.39, 0.29) is 0 Å². The molecular formula is C17H15NO3. The molecular weight excluding hydrogens is 266 g/mol. The number of nitrogens with zero attached hydrogens (tertiary/aromatic N) is 1. The van der Waals surface area contributed by atoms with Gasteiger partial charge in [-0.3, -0.25) is 4.79 Å². The fraction of sp³-hybridized carbons (Fsp3) is 0.176. The van der Waals surface area contributed by atoms with Gasteiger partial charge in [0.1, 0.15) is 12.0 Å². The molecule has 4 heteroatoms. The third-order valence-corrected chi connectivity index (χ3v) is 3.31. The summed E-state index contributed by atoms with van der Waals surface area (Å²) in [6.45, 7) is 1.34. The Hall–Kier alpha value is -2.46. The number of aromatic nitrogens is 1. The van der Waals surface area contributed by atoms with Crippen LogP contribution in [0.3, 0.4) is 0 Å². The quantitative estimate of drug-likeness (QED) is 0.805. The van der Waals surface area contributed by atoms with Crippen LogP contribution in [0.5, 0.6) is 11.6 Å². The molecule has 0 saturated heterocycles. The lowest BCUT2D eigenvalue weighted by Crippen LogP contribution is -2.05. The van der Waals surface area contributed by atoms with Gasteiger partial charge in [0.25, 0.3) is 0 Å². The predicted molar refractivity (Wildman–Crippen MR) is 79.6 cm³/mol. The maximum absolute atomic E-state index is 10.7. The van der Waals surface area contributed by atoms with Gasteiger partial charge in [0.15, 0.2) is 0 Å².